The normalized spacial score (nSPS) is 16.1. The van der Waals surface area contributed by atoms with Gasteiger partial charge in [0.15, 0.2) is 4.80 Å². The molecular formula is C34H23FN2O2S. The summed E-state index contributed by atoms with van der Waals surface area (Å²) >= 11 is 1.35. The van der Waals surface area contributed by atoms with Crippen LogP contribution in [0.5, 0.6) is 5.75 Å². The summed E-state index contributed by atoms with van der Waals surface area (Å²) in [5.41, 5.74) is 5.84. The van der Waals surface area contributed by atoms with E-state index in [4.69, 9.17) is 16.2 Å². The molecule has 4 nitrogen and oxygen atoms in total. The van der Waals surface area contributed by atoms with Gasteiger partial charge in [0.05, 0.1) is 16.3 Å². The Morgan fingerprint density at radius 3 is 2.67 bits per heavy atom. The number of hydrogen-bond acceptors (Lipinski definition) is 4. The van der Waals surface area contributed by atoms with Crippen molar-refractivity contribution >= 4 is 33.9 Å². The minimum absolute atomic E-state index is 0.122. The number of terminal acetylenes is 1. The molecule has 0 saturated heterocycles. The third-order valence-corrected chi connectivity index (χ3v) is 8.56. The Labute approximate surface area is 234 Å². The number of benzene rings is 4. The number of aryl methyl sites for hydroxylation is 1. The average Bonchev–Trinajstić information content (AvgIpc) is 3.30. The van der Waals surface area contributed by atoms with E-state index >= 15 is 0 Å². The first kappa shape index (κ1) is 24.3. The second-order valence-electron chi connectivity index (χ2n) is 9.86. The monoisotopic (exact) mass is 542 g/mol. The highest BCUT2D eigenvalue weighted by molar-refractivity contribution is 7.07. The van der Waals surface area contributed by atoms with Gasteiger partial charge in [0.1, 0.15) is 18.2 Å². The molecule has 1 aliphatic carbocycles. The Morgan fingerprint density at radius 2 is 1.82 bits per heavy atom. The Bertz CT molecular complexity index is 2060. The molecule has 0 amide bonds. The van der Waals surface area contributed by atoms with Crippen molar-refractivity contribution in [2.75, 3.05) is 6.61 Å². The van der Waals surface area contributed by atoms with Crippen molar-refractivity contribution in [2.45, 2.75) is 18.9 Å². The molecule has 1 atom stereocenters. The lowest BCUT2D eigenvalue weighted by molar-refractivity contribution is 0.370. The molecule has 0 spiro atoms. The summed E-state index contributed by atoms with van der Waals surface area (Å²) in [6.45, 7) is 0.122. The quantitative estimate of drug-likeness (QED) is 0.277. The Hall–Kier alpha value is -4.73. The van der Waals surface area contributed by atoms with Crippen molar-refractivity contribution in [3.8, 4) is 18.1 Å². The molecule has 0 fully saturated rings. The van der Waals surface area contributed by atoms with E-state index in [1.54, 1.807) is 16.7 Å². The van der Waals surface area contributed by atoms with E-state index in [0.717, 1.165) is 51.6 Å². The van der Waals surface area contributed by atoms with Gasteiger partial charge in [-0.15, -0.1) is 6.42 Å². The van der Waals surface area contributed by atoms with E-state index in [2.05, 4.69) is 18.1 Å². The SMILES string of the molecule is C#CCOc1ccc2ccccc2c1/C=c1/sc2n(c1=O)C(c1ccc(F)cc1)C1=C(N=2)c2ccccc2CC1. The van der Waals surface area contributed by atoms with E-state index in [1.165, 1.54) is 29.0 Å². The molecule has 194 valence electrons. The summed E-state index contributed by atoms with van der Waals surface area (Å²) in [6, 6.07) is 26.2. The van der Waals surface area contributed by atoms with Gasteiger partial charge in [0, 0.05) is 11.1 Å². The molecule has 1 aliphatic heterocycles. The van der Waals surface area contributed by atoms with Crippen molar-refractivity contribution in [1.29, 1.82) is 0 Å². The highest BCUT2D eigenvalue weighted by Crippen LogP contribution is 2.41. The van der Waals surface area contributed by atoms with Crippen LogP contribution in [-0.4, -0.2) is 11.2 Å². The largest absolute Gasteiger partial charge is 0.480 e. The fraction of sp³-hybridized carbons (Fsp3) is 0.118. The average molecular weight is 543 g/mol. The Kier molecular flexibility index (Phi) is 5.95. The third-order valence-electron chi connectivity index (χ3n) is 7.58. The van der Waals surface area contributed by atoms with Crippen LogP contribution in [0.2, 0.25) is 0 Å². The van der Waals surface area contributed by atoms with Gasteiger partial charge in [0.2, 0.25) is 0 Å². The van der Waals surface area contributed by atoms with Gasteiger partial charge in [-0.05, 0) is 64.6 Å². The van der Waals surface area contributed by atoms with E-state index < -0.39 is 0 Å². The zero-order valence-corrected chi connectivity index (χ0v) is 22.2. The van der Waals surface area contributed by atoms with E-state index in [0.29, 0.717) is 15.1 Å². The second-order valence-corrected chi connectivity index (χ2v) is 10.9. The summed E-state index contributed by atoms with van der Waals surface area (Å²) in [5, 5.41) is 2.00. The lowest BCUT2D eigenvalue weighted by Crippen LogP contribution is -2.38. The predicted molar refractivity (Wildman–Crippen MR) is 157 cm³/mol. The smallest absolute Gasteiger partial charge is 0.271 e. The number of halogens is 1. The van der Waals surface area contributed by atoms with E-state index in [1.807, 2.05) is 54.6 Å². The van der Waals surface area contributed by atoms with Gasteiger partial charge in [-0.25, -0.2) is 9.38 Å². The van der Waals surface area contributed by atoms with Crippen molar-refractivity contribution < 1.29 is 9.13 Å². The molecule has 2 aliphatic rings. The van der Waals surface area contributed by atoms with Gasteiger partial charge in [0.25, 0.3) is 5.56 Å². The molecule has 1 aromatic heterocycles. The molecule has 2 heterocycles. The molecular weight excluding hydrogens is 519 g/mol. The minimum atomic E-state index is -0.368. The third kappa shape index (κ3) is 3.98. The summed E-state index contributed by atoms with van der Waals surface area (Å²) in [7, 11) is 0. The van der Waals surface area contributed by atoms with Gasteiger partial charge in [-0.1, -0.05) is 84.0 Å². The standard InChI is InChI=1S/C34H23FN2O2S/c1-2-19-39-29-18-14-21-7-3-5-9-25(21)28(29)20-30-33(38)37-32(23-11-15-24(35)16-12-23)27-17-13-22-8-4-6-10-26(22)31(27)36-34(37)40-30/h1,3-12,14-16,18,20,32H,13,17,19H2/b30-20+. The number of rotatable bonds is 4. The van der Waals surface area contributed by atoms with Gasteiger partial charge in [-0.3, -0.25) is 9.36 Å². The van der Waals surface area contributed by atoms with Gasteiger partial charge < -0.3 is 4.74 Å². The van der Waals surface area contributed by atoms with Gasteiger partial charge in [-0.2, -0.15) is 0 Å². The van der Waals surface area contributed by atoms with Crippen LogP contribution in [-0.2, 0) is 6.42 Å². The number of ether oxygens (including phenoxy) is 1. The summed E-state index contributed by atoms with van der Waals surface area (Å²) in [6.07, 6.45) is 8.99. The molecule has 0 radical (unpaired) electrons. The second kappa shape index (κ2) is 9.78. The lowest BCUT2D eigenvalue weighted by Gasteiger charge is -2.30. The van der Waals surface area contributed by atoms with Crippen LogP contribution >= 0.6 is 11.3 Å². The van der Waals surface area contributed by atoms with Crippen LogP contribution in [0.3, 0.4) is 0 Å². The first-order valence-electron chi connectivity index (χ1n) is 13.1. The molecule has 40 heavy (non-hydrogen) atoms. The maximum Gasteiger partial charge on any atom is 0.271 e. The van der Waals surface area contributed by atoms with Crippen LogP contribution in [0.15, 0.2) is 100 Å². The van der Waals surface area contributed by atoms with Crippen molar-refractivity contribution in [1.82, 2.24) is 4.57 Å². The maximum atomic E-state index is 14.2. The summed E-state index contributed by atoms with van der Waals surface area (Å²) in [4.78, 5) is 19.8. The molecule has 6 heteroatoms. The summed E-state index contributed by atoms with van der Waals surface area (Å²) < 4.78 is 22.1. The number of allylic oxidation sites excluding steroid dienone is 1. The zero-order valence-electron chi connectivity index (χ0n) is 21.4. The fourth-order valence-electron chi connectivity index (χ4n) is 5.77. The lowest BCUT2D eigenvalue weighted by atomic mass is 9.83. The topological polar surface area (TPSA) is 43.6 Å². The van der Waals surface area contributed by atoms with E-state index in [-0.39, 0.29) is 24.0 Å². The first-order chi connectivity index (χ1) is 19.6. The van der Waals surface area contributed by atoms with Crippen molar-refractivity contribution in [3.05, 3.63) is 138 Å². The molecule has 0 N–H and O–H groups in total. The Balaban J connectivity index is 1.50. The zero-order chi connectivity index (χ0) is 27.2. The molecule has 0 saturated carbocycles. The van der Waals surface area contributed by atoms with Crippen molar-refractivity contribution in [3.63, 3.8) is 0 Å². The first-order valence-corrected chi connectivity index (χ1v) is 13.9. The molecule has 0 bridgehead atoms. The summed E-state index contributed by atoms with van der Waals surface area (Å²) in [5.74, 6) is 2.83. The van der Waals surface area contributed by atoms with Crippen LogP contribution in [0, 0.1) is 18.2 Å². The van der Waals surface area contributed by atoms with E-state index in [9.17, 15) is 9.18 Å². The number of thiazole rings is 1. The molecule has 5 aromatic rings. The van der Waals surface area contributed by atoms with Gasteiger partial charge >= 0.3 is 0 Å². The van der Waals surface area contributed by atoms with Crippen LogP contribution < -0.4 is 19.6 Å². The maximum absolute atomic E-state index is 14.2. The minimum Gasteiger partial charge on any atom is -0.480 e. The number of aromatic nitrogens is 1. The predicted octanol–water partition coefficient (Wildman–Crippen LogP) is 5.62. The highest BCUT2D eigenvalue weighted by Gasteiger charge is 2.32. The molecule has 1 unspecified atom stereocenters. The Morgan fingerprint density at radius 1 is 1.02 bits per heavy atom. The fourth-order valence-corrected chi connectivity index (χ4v) is 6.75. The molecule has 4 aromatic carbocycles. The highest BCUT2D eigenvalue weighted by atomic mass is 32.1. The number of nitrogens with zero attached hydrogens (tertiary/aromatic N) is 2. The van der Waals surface area contributed by atoms with Crippen LogP contribution in [0.25, 0.3) is 22.5 Å². The van der Waals surface area contributed by atoms with Crippen molar-refractivity contribution in [2.24, 2.45) is 4.99 Å². The number of fused-ring (bicyclic) bond motifs is 4. The molecule has 7 rings (SSSR count). The van der Waals surface area contributed by atoms with Crippen LogP contribution in [0.4, 0.5) is 4.39 Å². The number of hydrogen-bond donors (Lipinski definition) is 0. The van der Waals surface area contributed by atoms with Crippen LogP contribution in [0.1, 0.15) is 34.7 Å².